The van der Waals surface area contributed by atoms with E-state index < -0.39 is 0 Å². The SMILES string of the molecule is CCC(C)NCC(=O)Nc1ccccc1-n1cccn1. The third kappa shape index (κ3) is 3.68. The van der Waals surface area contributed by atoms with Gasteiger partial charge in [0.2, 0.25) is 5.91 Å². The third-order valence-corrected chi connectivity index (χ3v) is 3.15. The van der Waals surface area contributed by atoms with Gasteiger partial charge < -0.3 is 10.6 Å². The van der Waals surface area contributed by atoms with E-state index in [1.54, 1.807) is 10.9 Å². The summed E-state index contributed by atoms with van der Waals surface area (Å²) in [6.45, 7) is 4.45. The zero-order valence-corrected chi connectivity index (χ0v) is 11.8. The van der Waals surface area contributed by atoms with Gasteiger partial charge in [-0.1, -0.05) is 19.1 Å². The van der Waals surface area contributed by atoms with Crippen molar-refractivity contribution in [1.29, 1.82) is 0 Å². The highest BCUT2D eigenvalue weighted by atomic mass is 16.1. The molecule has 0 saturated heterocycles. The average Bonchev–Trinajstić information content (AvgIpc) is 2.99. The molecule has 0 aliphatic heterocycles. The van der Waals surface area contributed by atoms with Crippen LogP contribution in [0.1, 0.15) is 20.3 Å². The van der Waals surface area contributed by atoms with Crippen molar-refractivity contribution in [2.24, 2.45) is 0 Å². The monoisotopic (exact) mass is 272 g/mol. The van der Waals surface area contributed by atoms with Crippen LogP contribution >= 0.6 is 0 Å². The van der Waals surface area contributed by atoms with E-state index in [1.165, 1.54) is 0 Å². The Morgan fingerprint density at radius 2 is 2.15 bits per heavy atom. The molecule has 2 rings (SSSR count). The number of anilines is 1. The van der Waals surface area contributed by atoms with Gasteiger partial charge in [0.05, 0.1) is 17.9 Å². The van der Waals surface area contributed by atoms with Crippen molar-refractivity contribution in [2.45, 2.75) is 26.3 Å². The topological polar surface area (TPSA) is 59.0 Å². The highest BCUT2D eigenvalue weighted by Gasteiger charge is 2.08. The fraction of sp³-hybridized carbons (Fsp3) is 0.333. The Balaban J connectivity index is 2.04. The predicted molar refractivity (Wildman–Crippen MR) is 79.9 cm³/mol. The summed E-state index contributed by atoms with van der Waals surface area (Å²) in [6, 6.07) is 9.79. The first-order valence-electron chi connectivity index (χ1n) is 6.83. The van der Waals surface area contributed by atoms with Crippen molar-refractivity contribution in [2.75, 3.05) is 11.9 Å². The molecule has 0 fully saturated rings. The zero-order chi connectivity index (χ0) is 14.4. The van der Waals surface area contributed by atoms with Crippen LogP contribution in [0.4, 0.5) is 5.69 Å². The van der Waals surface area contributed by atoms with Crippen molar-refractivity contribution >= 4 is 11.6 Å². The standard InChI is InChI=1S/C15H20N4O/c1-3-12(2)16-11-15(20)18-13-7-4-5-8-14(13)19-10-6-9-17-19/h4-10,12,16H,3,11H2,1-2H3,(H,18,20). The molecular weight excluding hydrogens is 252 g/mol. The van der Waals surface area contributed by atoms with E-state index in [0.29, 0.717) is 12.6 Å². The number of hydrogen-bond acceptors (Lipinski definition) is 3. The molecule has 106 valence electrons. The summed E-state index contributed by atoms with van der Waals surface area (Å²) in [5.74, 6) is -0.0510. The average molecular weight is 272 g/mol. The number of amides is 1. The summed E-state index contributed by atoms with van der Waals surface area (Å²) in [4.78, 5) is 12.0. The van der Waals surface area contributed by atoms with Crippen LogP contribution < -0.4 is 10.6 Å². The molecule has 1 heterocycles. The largest absolute Gasteiger partial charge is 0.323 e. The Hall–Kier alpha value is -2.14. The molecule has 1 aromatic carbocycles. The van der Waals surface area contributed by atoms with E-state index in [-0.39, 0.29) is 5.91 Å². The summed E-state index contributed by atoms with van der Waals surface area (Å²) in [5.41, 5.74) is 1.61. The maximum absolute atomic E-state index is 12.0. The molecule has 0 radical (unpaired) electrons. The Kier molecular flexibility index (Phi) is 4.90. The summed E-state index contributed by atoms with van der Waals surface area (Å²) >= 11 is 0. The molecule has 2 aromatic rings. The van der Waals surface area contributed by atoms with Gasteiger partial charge in [-0.15, -0.1) is 0 Å². The number of para-hydroxylation sites is 2. The molecule has 0 saturated carbocycles. The lowest BCUT2D eigenvalue weighted by atomic mass is 10.2. The predicted octanol–water partition coefficient (Wildman–Crippen LogP) is 2.20. The number of nitrogens with one attached hydrogen (secondary N) is 2. The second-order valence-corrected chi connectivity index (χ2v) is 4.71. The molecule has 1 atom stereocenters. The molecule has 2 N–H and O–H groups in total. The van der Waals surface area contributed by atoms with Crippen molar-refractivity contribution in [3.63, 3.8) is 0 Å². The Labute approximate surface area is 119 Å². The lowest BCUT2D eigenvalue weighted by Crippen LogP contribution is -2.34. The number of aromatic nitrogens is 2. The van der Waals surface area contributed by atoms with Crippen LogP contribution in [0.25, 0.3) is 5.69 Å². The molecule has 1 unspecified atom stereocenters. The first-order chi connectivity index (χ1) is 9.70. The maximum Gasteiger partial charge on any atom is 0.238 e. The number of nitrogens with zero attached hydrogens (tertiary/aromatic N) is 2. The van der Waals surface area contributed by atoms with Crippen LogP contribution in [0.3, 0.4) is 0 Å². The number of carbonyl (C=O) groups excluding carboxylic acids is 1. The lowest BCUT2D eigenvalue weighted by Gasteiger charge is -2.13. The summed E-state index contributed by atoms with van der Waals surface area (Å²) in [7, 11) is 0. The molecule has 0 aliphatic rings. The van der Waals surface area contributed by atoms with Crippen molar-refractivity contribution in [3.8, 4) is 5.69 Å². The minimum Gasteiger partial charge on any atom is -0.323 e. The van der Waals surface area contributed by atoms with E-state index in [9.17, 15) is 4.79 Å². The Morgan fingerprint density at radius 3 is 2.85 bits per heavy atom. The first kappa shape index (κ1) is 14.3. The molecule has 20 heavy (non-hydrogen) atoms. The molecule has 5 nitrogen and oxygen atoms in total. The van der Waals surface area contributed by atoms with Crippen LogP contribution in [0.2, 0.25) is 0 Å². The maximum atomic E-state index is 12.0. The van der Waals surface area contributed by atoms with E-state index >= 15 is 0 Å². The number of benzene rings is 1. The van der Waals surface area contributed by atoms with Crippen molar-refractivity contribution in [3.05, 3.63) is 42.7 Å². The fourth-order valence-electron chi connectivity index (χ4n) is 1.80. The van der Waals surface area contributed by atoms with Gasteiger partial charge in [0, 0.05) is 18.4 Å². The van der Waals surface area contributed by atoms with Crippen LogP contribution in [-0.2, 0) is 4.79 Å². The van der Waals surface area contributed by atoms with Gasteiger partial charge in [-0.3, -0.25) is 4.79 Å². The second kappa shape index (κ2) is 6.86. The summed E-state index contributed by atoms with van der Waals surface area (Å²) in [6.07, 6.45) is 4.56. The number of hydrogen-bond donors (Lipinski definition) is 2. The number of rotatable bonds is 6. The normalized spacial score (nSPS) is 12.1. The quantitative estimate of drug-likeness (QED) is 0.847. The molecule has 0 bridgehead atoms. The van der Waals surface area contributed by atoms with E-state index in [0.717, 1.165) is 17.8 Å². The Bertz CT molecular complexity index is 551. The van der Waals surface area contributed by atoms with Crippen molar-refractivity contribution < 1.29 is 4.79 Å². The van der Waals surface area contributed by atoms with Gasteiger partial charge in [0.25, 0.3) is 0 Å². The highest BCUT2D eigenvalue weighted by Crippen LogP contribution is 2.18. The van der Waals surface area contributed by atoms with Gasteiger partial charge in [-0.2, -0.15) is 5.10 Å². The minimum atomic E-state index is -0.0510. The van der Waals surface area contributed by atoms with Crippen LogP contribution in [0, 0.1) is 0 Å². The molecule has 1 aromatic heterocycles. The van der Waals surface area contributed by atoms with Gasteiger partial charge in [0.15, 0.2) is 0 Å². The summed E-state index contributed by atoms with van der Waals surface area (Å²) in [5, 5.41) is 10.3. The van der Waals surface area contributed by atoms with E-state index in [1.807, 2.05) is 36.5 Å². The van der Waals surface area contributed by atoms with Gasteiger partial charge >= 0.3 is 0 Å². The zero-order valence-electron chi connectivity index (χ0n) is 11.8. The molecule has 0 spiro atoms. The van der Waals surface area contributed by atoms with Gasteiger partial charge in [-0.25, -0.2) is 4.68 Å². The van der Waals surface area contributed by atoms with Gasteiger partial charge in [-0.05, 0) is 31.5 Å². The molecule has 1 amide bonds. The highest BCUT2D eigenvalue weighted by molar-refractivity contribution is 5.94. The third-order valence-electron chi connectivity index (χ3n) is 3.15. The Morgan fingerprint density at radius 1 is 1.35 bits per heavy atom. The first-order valence-corrected chi connectivity index (χ1v) is 6.83. The smallest absolute Gasteiger partial charge is 0.238 e. The molecular formula is C15H20N4O. The number of carbonyl (C=O) groups is 1. The second-order valence-electron chi connectivity index (χ2n) is 4.71. The van der Waals surface area contributed by atoms with Crippen LogP contribution in [0.5, 0.6) is 0 Å². The van der Waals surface area contributed by atoms with Gasteiger partial charge in [0.1, 0.15) is 0 Å². The molecule has 5 heteroatoms. The van der Waals surface area contributed by atoms with E-state index in [4.69, 9.17) is 0 Å². The molecule has 0 aliphatic carbocycles. The minimum absolute atomic E-state index is 0.0510. The van der Waals surface area contributed by atoms with Crippen molar-refractivity contribution in [1.82, 2.24) is 15.1 Å². The van der Waals surface area contributed by atoms with Crippen LogP contribution in [-0.4, -0.2) is 28.3 Å². The fourth-order valence-corrected chi connectivity index (χ4v) is 1.80. The van der Waals surface area contributed by atoms with Crippen LogP contribution in [0.15, 0.2) is 42.7 Å². The van der Waals surface area contributed by atoms with E-state index in [2.05, 4.69) is 29.6 Å². The lowest BCUT2D eigenvalue weighted by molar-refractivity contribution is -0.115. The summed E-state index contributed by atoms with van der Waals surface area (Å²) < 4.78 is 1.73.